The molecule has 0 N–H and O–H groups in total. The smallest absolute Gasteiger partial charge is 0.348 e. The molecule has 1 aromatic rings. The van der Waals surface area contributed by atoms with Crippen LogP contribution in [0.1, 0.15) is 60.7 Å². The molecular formula is C20H28INO2S. The van der Waals surface area contributed by atoms with Crippen LogP contribution >= 0.6 is 33.9 Å². The van der Waals surface area contributed by atoms with Crippen LogP contribution in [0.5, 0.6) is 0 Å². The first-order valence-electron chi connectivity index (χ1n) is 9.31. The lowest BCUT2D eigenvalue weighted by Gasteiger charge is -2.36. The van der Waals surface area contributed by atoms with Gasteiger partial charge in [0.05, 0.1) is 9.99 Å². The number of hydrogen-bond acceptors (Lipinski definition) is 4. The van der Waals surface area contributed by atoms with E-state index in [1.54, 1.807) is 16.9 Å². The molecule has 1 fully saturated rings. The average molecular weight is 473 g/mol. The number of carbonyl (C=O) groups excluding carboxylic acids is 1. The Morgan fingerprint density at radius 1 is 1.36 bits per heavy atom. The molecule has 3 nitrogen and oxygen atoms in total. The van der Waals surface area contributed by atoms with Crippen LogP contribution < -0.4 is 0 Å². The Bertz CT molecular complexity index is 659. The van der Waals surface area contributed by atoms with E-state index in [0.29, 0.717) is 5.92 Å². The summed E-state index contributed by atoms with van der Waals surface area (Å²) in [6, 6.07) is 2.19. The minimum Gasteiger partial charge on any atom is -0.465 e. The van der Waals surface area contributed by atoms with Crippen molar-refractivity contribution >= 4 is 45.5 Å². The molecule has 1 aliphatic carbocycles. The quantitative estimate of drug-likeness (QED) is 0.431. The summed E-state index contributed by atoms with van der Waals surface area (Å²) < 4.78 is 6.21. The number of likely N-dealkylation sites (N-methyl/N-ethyl adjacent to an activating group) is 1. The summed E-state index contributed by atoms with van der Waals surface area (Å²) in [7, 11) is 3.70. The van der Waals surface area contributed by atoms with E-state index in [4.69, 9.17) is 4.74 Å². The Morgan fingerprint density at radius 2 is 2.08 bits per heavy atom. The molecule has 0 atom stereocenters. The Kier molecular flexibility index (Phi) is 6.60. The third kappa shape index (κ3) is 4.30. The summed E-state index contributed by atoms with van der Waals surface area (Å²) in [5.41, 5.74) is 4.15. The van der Waals surface area contributed by atoms with Crippen molar-refractivity contribution in [2.75, 3.05) is 27.2 Å². The van der Waals surface area contributed by atoms with Gasteiger partial charge in [0.25, 0.3) is 0 Å². The fraction of sp³-hybridized carbons (Fsp3) is 0.650. The van der Waals surface area contributed by atoms with Crippen molar-refractivity contribution in [3.05, 3.63) is 25.0 Å². The molecule has 0 radical (unpaired) electrons. The predicted octanol–water partition coefficient (Wildman–Crippen LogP) is 5.44. The first kappa shape index (κ1) is 19.4. The topological polar surface area (TPSA) is 29.5 Å². The number of hydrogen-bond donors (Lipinski definition) is 0. The van der Waals surface area contributed by atoms with Crippen LogP contribution in [0.2, 0.25) is 0 Å². The van der Waals surface area contributed by atoms with Crippen LogP contribution in [0.4, 0.5) is 0 Å². The molecule has 0 saturated heterocycles. The van der Waals surface area contributed by atoms with Crippen molar-refractivity contribution in [1.29, 1.82) is 0 Å². The van der Waals surface area contributed by atoms with Gasteiger partial charge in [-0.15, -0.1) is 11.3 Å². The van der Waals surface area contributed by atoms with Crippen molar-refractivity contribution in [1.82, 2.24) is 4.90 Å². The zero-order valence-electron chi connectivity index (χ0n) is 15.4. The SMILES string of the molecule is CCC1CCC(C2=C(c3cc(I)sc3C(=O)OC)CCN(C)C2)CC1. The van der Waals surface area contributed by atoms with Crippen LogP contribution in [0.15, 0.2) is 11.6 Å². The van der Waals surface area contributed by atoms with Gasteiger partial charge in [-0.25, -0.2) is 4.79 Å². The molecule has 1 aromatic heterocycles. The Morgan fingerprint density at radius 3 is 2.72 bits per heavy atom. The molecule has 138 valence electrons. The van der Waals surface area contributed by atoms with Gasteiger partial charge in [-0.2, -0.15) is 0 Å². The number of thiophene rings is 1. The number of nitrogens with zero attached hydrogens (tertiary/aromatic N) is 1. The monoisotopic (exact) mass is 473 g/mol. The van der Waals surface area contributed by atoms with Crippen LogP contribution in [0, 0.1) is 14.7 Å². The molecule has 3 rings (SSSR count). The Balaban J connectivity index is 1.97. The van der Waals surface area contributed by atoms with E-state index in [1.807, 2.05) is 0 Å². The molecule has 0 bridgehead atoms. The highest BCUT2D eigenvalue weighted by atomic mass is 127. The lowest BCUT2D eigenvalue weighted by atomic mass is 9.74. The molecule has 1 aliphatic heterocycles. The zero-order chi connectivity index (χ0) is 18.0. The third-order valence-electron chi connectivity index (χ3n) is 5.89. The lowest BCUT2D eigenvalue weighted by molar-refractivity contribution is 0.0606. The maximum atomic E-state index is 12.3. The van der Waals surface area contributed by atoms with Crippen molar-refractivity contribution in [3.8, 4) is 0 Å². The minimum absolute atomic E-state index is 0.191. The predicted molar refractivity (Wildman–Crippen MR) is 113 cm³/mol. The Hall–Kier alpha value is -0.400. The van der Waals surface area contributed by atoms with Crippen molar-refractivity contribution < 1.29 is 9.53 Å². The van der Waals surface area contributed by atoms with E-state index in [-0.39, 0.29) is 5.97 Å². The largest absolute Gasteiger partial charge is 0.465 e. The second kappa shape index (κ2) is 8.53. The van der Waals surface area contributed by atoms with Gasteiger partial charge in [0, 0.05) is 18.7 Å². The lowest BCUT2D eigenvalue weighted by Crippen LogP contribution is -2.32. The Labute approximate surface area is 169 Å². The van der Waals surface area contributed by atoms with Crippen LogP contribution in [-0.4, -0.2) is 38.1 Å². The van der Waals surface area contributed by atoms with E-state index in [9.17, 15) is 4.79 Å². The van der Waals surface area contributed by atoms with Gasteiger partial charge in [0.1, 0.15) is 4.88 Å². The molecule has 0 unspecified atom stereocenters. The minimum atomic E-state index is -0.191. The first-order chi connectivity index (χ1) is 12.0. The normalized spacial score (nSPS) is 25.3. The third-order valence-corrected chi connectivity index (χ3v) is 7.76. The molecule has 0 aromatic carbocycles. The first-order valence-corrected chi connectivity index (χ1v) is 11.2. The molecule has 1 saturated carbocycles. The highest BCUT2D eigenvalue weighted by Gasteiger charge is 2.30. The summed E-state index contributed by atoms with van der Waals surface area (Å²) in [5.74, 6) is 1.40. The van der Waals surface area contributed by atoms with Gasteiger partial charge >= 0.3 is 5.97 Å². The highest BCUT2D eigenvalue weighted by Crippen LogP contribution is 2.42. The summed E-state index contributed by atoms with van der Waals surface area (Å²) in [6.07, 6.45) is 7.67. The molecule has 0 spiro atoms. The number of methoxy groups -OCH3 is 1. The van der Waals surface area contributed by atoms with Gasteiger partial charge in [-0.1, -0.05) is 13.3 Å². The standard InChI is InChI=1S/C20H28INO2S/c1-4-13-5-7-14(8-6-13)17-12-22(2)10-9-15(17)16-11-18(21)25-19(16)20(23)24-3/h11,13-14H,4-10,12H2,1-3H3. The van der Waals surface area contributed by atoms with Gasteiger partial charge in [0.15, 0.2) is 0 Å². The zero-order valence-corrected chi connectivity index (χ0v) is 18.4. The highest BCUT2D eigenvalue weighted by molar-refractivity contribution is 14.1. The fourth-order valence-corrected chi connectivity index (χ4v) is 6.16. The number of esters is 1. The van der Waals surface area contributed by atoms with Crippen molar-refractivity contribution in [3.63, 3.8) is 0 Å². The second-order valence-electron chi connectivity index (χ2n) is 7.40. The van der Waals surface area contributed by atoms with E-state index in [0.717, 1.165) is 38.8 Å². The van der Waals surface area contributed by atoms with Crippen molar-refractivity contribution in [2.24, 2.45) is 11.8 Å². The van der Waals surface area contributed by atoms with Crippen LogP contribution in [0.25, 0.3) is 5.57 Å². The van der Waals surface area contributed by atoms with E-state index >= 15 is 0 Å². The van der Waals surface area contributed by atoms with Gasteiger partial charge in [-0.3, -0.25) is 0 Å². The summed E-state index contributed by atoms with van der Waals surface area (Å²) in [4.78, 5) is 15.5. The van der Waals surface area contributed by atoms with E-state index in [1.165, 1.54) is 44.8 Å². The van der Waals surface area contributed by atoms with Crippen LogP contribution in [-0.2, 0) is 4.74 Å². The summed E-state index contributed by atoms with van der Waals surface area (Å²) in [6.45, 7) is 4.43. The van der Waals surface area contributed by atoms with E-state index < -0.39 is 0 Å². The second-order valence-corrected chi connectivity index (χ2v) is 10.3. The average Bonchev–Trinajstić information content (AvgIpc) is 3.02. The molecular weight excluding hydrogens is 445 g/mol. The number of carbonyl (C=O) groups is 1. The number of rotatable bonds is 4. The summed E-state index contributed by atoms with van der Waals surface area (Å²) in [5, 5.41) is 0. The van der Waals surface area contributed by atoms with Gasteiger partial charge in [-0.05, 0) is 90.8 Å². The molecule has 0 amide bonds. The number of ether oxygens (including phenoxy) is 1. The molecule has 5 heteroatoms. The van der Waals surface area contributed by atoms with Crippen molar-refractivity contribution in [2.45, 2.75) is 45.4 Å². The molecule has 2 aliphatic rings. The molecule has 2 heterocycles. The van der Waals surface area contributed by atoms with Crippen LogP contribution in [0.3, 0.4) is 0 Å². The summed E-state index contributed by atoms with van der Waals surface area (Å²) >= 11 is 3.88. The van der Waals surface area contributed by atoms with Gasteiger partial charge < -0.3 is 9.64 Å². The van der Waals surface area contributed by atoms with Gasteiger partial charge in [0.2, 0.25) is 0 Å². The molecule has 25 heavy (non-hydrogen) atoms. The van der Waals surface area contributed by atoms with E-state index in [2.05, 4.69) is 47.5 Å². The maximum Gasteiger partial charge on any atom is 0.348 e. The maximum absolute atomic E-state index is 12.3. The number of halogens is 1. The fourth-order valence-electron chi connectivity index (χ4n) is 4.36.